The topological polar surface area (TPSA) is 80.7 Å². The summed E-state index contributed by atoms with van der Waals surface area (Å²) in [5.74, 6) is -0.292. The molecular weight excluding hydrogens is 476 g/mol. The highest BCUT2D eigenvalue weighted by Gasteiger charge is 2.70. The van der Waals surface area contributed by atoms with Gasteiger partial charge in [-0.2, -0.15) is 0 Å². The van der Waals surface area contributed by atoms with Crippen molar-refractivity contribution in [3.63, 3.8) is 0 Å². The molecular formula is C33H50O5. The summed E-state index contributed by atoms with van der Waals surface area (Å²) >= 11 is 0. The number of hydrogen-bond acceptors (Lipinski definition) is 4. The summed E-state index contributed by atoms with van der Waals surface area (Å²) in [7, 11) is 0. The molecule has 4 fully saturated rings. The van der Waals surface area contributed by atoms with E-state index < -0.39 is 17.2 Å². The van der Waals surface area contributed by atoms with Gasteiger partial charge in [-0.15, -0.1) is 0 Å². The third-order valence-corrected chi connectivity index (χ3v) is 13.5. The highest BCUT2D eigenvalue weighted by molar-refractivity contribution is 6.35. The number of rotatable bonds is 4. The quantitative estimate of drug-likeness (QED) is 0.235. The Hall–Kier alpha value is -1.65. The van der Waals surface area contributed by atoms with Crippen molar-refractivity contribution in [1.82, 2.24) is 0 Å². The number of ether oxygens (including phenoxy) is 1. The van der Waals surface area contributed by atoms with Gasteiger partial charge in [0.15, 0.2) is 0 Å². The summed E-state index contributed by atoms with van der Waals surface area (Å²) in [5, 5.41) is 9.88. The van der Waals surface area contributed by atoms with E-state index in [-0.39, 0.29) is 39.7 Å². The first-order valence-electron chi connectivity index (χ1n) is 15.2. The maximum absolute atomic E-state index is 13.4. The van der Waals surface area contributed by atoms with Crippen LogP contribution in [-0.2, 0) is 19.1 Å². The van der Waals surface area contributed by atoms with E-state index in [1.54, 1.807) is 0 Å². The molecule has 1 N–H and O–H groups in total. The minimum Gasteiger partial charge on any atom is -0.475 e. The maximum atomic E-state index is 13.4. The van der Waals surface area contributed by atoms with Gasteiger partial charge in [-0.1, -0.05) is 59.6 Å². The minimum absolute atomic E-state index is 0.0241. The number of aliphatic carboxylic acids is 1. The van der Waals surface area contributed by atoms with E-state index >= 15 is 0 Å². The van der Waals surface area contributed by atoms with Crippen LogP contribution in [0.4, 0.5) is 0 Å². The first kappa shape index (κ1) is 27.9. The molecule has 0 aromatic heterocycles. The number of carboxylic acid groups (broad SMARTS) is 1. The standard InChI is InChI=1S/C33H50O5/c1-19(2)21-11-16-33(27(35)28(36)37)18-17-31(7)22(26(21)33)9-10-24-30(6)14-13-25(38-20(3)34)29(4,5)23(30)12-15-32(24,31)8/h19,22-25H,9-18H2,1-8H3,(H,36,37). The number of ketones is 1. The molecule has 0 radical (unpaired) electrons. The predicted octanol–water partition coefficient (Wildman–Crippen LogP) is 7.37. The van der Waals surface area contributed by atoms with Crippen LogP contribution in [0.1, 0.15) is 120 Å². The highest BCUT2D eigenvalue weighted by atomic mass is 16.5. The summed E-state index contributed by atoms with van der Waals surface area (Å²) in [5.41, 5.74) is 2.12. The molecule has 5 heteroatoms. The second kappa shape index (κ2) is 8.67. The van der Waals surface area contributed by atoms with Gasteiger partial charge in [0.25, 0.3) is 0 Å². The number of carboxylic acids is 1. The molecule has 0 spiro atoms. The van der Waals surface area contributed by atoms with Crippen molar-refractivity contribution in [2.24, 2.45) is 50.7 Å². The molecule has 0 aromatic rings. The van der Waals surface area contributed by atoms with Gasteiger partial charge in [-0.25, -0.2) is 4.79 Å². The van der Waals surface area contributed by atoms with Crippen LogP contribution in [0.5, 0.6) is 0 Å². The van der Waals surface area contributed by atoms with Gasteiger partial charge in [0.2, 0.25) is 5.78 Å². The summed E-state index contributed by atoms with van der Waals surface area (Å²) < 4.78 is 5.88. The zero-order valence-corrected chi connectivity index (χ0v) is 25.0. The number of carbonyl (C=O) groups excluding carboxylic acids is 2. The van der Waals surface area contributed by atoms with Gasteiger partial charge in [0.1, 0.15) is 6.10 Å². The van der Waals surface area contributed by atoms with Crippen LogP contribution in [-0.4, -0.2) is 28.9 Å². The lowest BCUT2D eigenvalue weighted by Crippen LogP contribution is -2.66. The SMILES string of the molecule is CC(=O)OC1CCC2(C)C(CCC3(C)C2CCC2C4=C(C(C)C)CCC4(C(=O)C(=O)O)CCC23C)C1(C)C. The lowest BCUT2D eigenvalue weighted by atomic mass is 9.33. The fraction of sp³-hybridized carbons (Fsp3) is 0.848. The Morgan fingerprint density at radius 3 is 2.13 bits per heavy atom. The van der Waals surface area contributed by atoms with Crippen molar-refractivity contribution in [3.05, 3.63) is 11.1 Å². The van der Waals surface area contributed by atoms with Crippen LogP contribution in [0.2, 0.25) is 0 Å². The Morgan fingerprint density at radius 1 is 0.842 bits per heavy atom. The van der Waals surface area contributed by atoms with Crippen LogP contribution in [0.3, 0.4) is 0 Å². The Kier molecular flexibility index (Phi) is 6.37. The van der Waals surface area contributed by atoms with Crippen LogP contribution in [0.15, 0.2) is 11.1 Å². The largest absolute Gasteiger partial charge is 0.475 e. The molecule has 4 saturated carbocycles. The molecule has 0 amide bonds. The molecule has 5 aliphatic carbocycles. The molecule has 5 nitrogen and oxygen atoms in total. The highest BCUT2D eigenvalue weighted by Crippen LogP contribution is 2.77. The monoisotopic (exact) mass is 526 g/mol. The fourth-order valence-electron chi connectivity index (χ4n) is 11.6. The lowest BCUT2D eigenvalue weighted by molar-refractivity contribution is -0.232. The number of carbonyl (C=O) groups is 3. The Morgan fingerprint density at radius 2 is 1.53 bits per heavy atom. The maximum Gasteiger partial charge on any atom is 0.373 e. The number of esters is 1. The molecule has 0 bridgehead atoms. The van der Waals surface area contributed by atoms with Gasteiger partial charge < -0.3 is 9.84 Å². The summed E-state index contributed by atoms with van der Waals surface area (Å²) in [4.78, 5) is 37.4. The van der Waals surface area contributed by atoms with Gasteiger partial charge in [-0.05, 0) is 104 Å². The van der Waals surface area contributed by atoms with Crippen LogP contribution >= 0.6 is 0 Å². The first-order valence-corrected chi connectivity index (χ1v) is 15.2. The molecule has 212 valence electrons. The molecule has 5 rings (SSSR count). The average molecular weight is 527 g/mol. The van der Waals surface area contributed by atoms with Crippen LogP contribution in [0, 0.1) is 50.7 Å². The normalized spacial score (nSPS) is 45.5. The first-order chi connectivity index (χ1) is 17.6. The van der Waals surface area contributed by atoms with Gasteiger partial charge in [0.05, 0.1) is 5.41 Å². The summed E-state index contributed by atoms with van der Waals surface area (Å²) in [6.45, 7) is 18.2. The van der Waals surface area contributed by atoms with E-state index in [1.807, 2.05) is 0 Å². The molecule has 0 saturated heterocycles. The van der Waals surface area contributed by atoms with E-state index in [1.165, 1.54) is 18.1 Å². The Bertz CT molecular complexity index is 1080. The lowest BCUT2D eigenvalue weighted by Gasteiger charge is -2.72. The number of Topliss-reactive ketones (excluding diaryl/α,β-unsaturated/α-hetero) is 1. The predicted molar refractivity (Wildman–Crippen MR) is 147 cm³/mol. The molecule has 8 unspecified atom stereocenters. The second-order valence-corrected chi connectivity index (χ2v) is 15.4. The number of hydrogen-bond donors (Lipinski definition) is 1. The van der Waals surface area contributed by atoms with Gasteiger partial charge >= 0.3 is 11.9 Å². The van der Waals surface area contributed by atoms with Crippen molar-refractivity contribution in [3.8, 4) is 0 Å². The molecule has 38 heavy (non-hydrogen) atoms. The van der Waals surface area contributed by atoms with E-state index in [0.29, 0.717) is 30.6 Å². The number of fused-ring (bicyclic) bond motifs is 7. The third kappa shape index (κ3) is 3.44. The Labute approximate surface area is 229 Å². The van der Waals surface area contributed by atoms with E-state index in [0.717, 1.165) is 51.4 Å². The Balaban J connectivity index is 1.56. The van der Waals surface area contributed by atoms with Crippen molar-refractivity contribution in [1.29, 1.82) is 0 Å². The van der Waals surface area contributed by atoms with Crippen molar-refractivity contribution >= 4 is 17.7 Å². The van der Waals surface area contributed by atoms with Crippen LogP contribution < -0.4 is 0 Å². The molecule has 0 heterocycles. The van der Waals surface area contributed by atoms with E-state index in [4.69, 9.17) is 4.74 Å². The van der Waals surface area contributed by atoms with Crippen molar-refractivity contribution in [2.75, 3.05) is 0 Å². The van der Waals surface area contributed by atoms with Crippen molar-refractivity contribution in [2.45, 2.75) is 126 Å². The van der Waals surface area contributed by atoms with Gasteiger partial charge in [-0.3, -0.25) is 9.59 Å². The second-order valence-electron chi connectivity index (χ2n) is 15.4. The van der Waals surface area contributed by atoms with Crippen LogP contribution in [0.25, 0.3) is 0 Å². The van der Waals surface area contributed by atoms with Gasteiger partial charge in [0, 0.05) is 12.3 Å². The molecule has 5 aliphatic rings. The summed E-state index contributed by atoms with van der Waals surface area (Å²) in [6.07, 6.45) is 9.59. The fourth-order valence-corrected chi connectivity index (χ4v) is 11.6. The third-order valence-electron chi connectivity index (χ3n) is 13.5. The smallest absolute Gasteiger partial charge is 0.373 e. The average Bonchev–Trinajstić information content (AvgIpc) is 3.22. The van der Waals surface area contributed by atoms with E-state index in [2.05, 4.69) is 48.5 Å². The van der Waals surface area contributed by atoms with E-state index in [9.17, 15) is 19.5 Å². The zero-order chi connectivity index (χ0) is 28.1. The number of allylic oxidation sites excluding steroid dienone is 2. The zero-order valence-electron chi connectivity index (χ0n) is 25.0. The molecule has 8 atom stereocenters. The van der Waals surface area contributed by atoms with Crippen molar-refractivity contribution < 1.29 is 24.2 Å². The molecule has 0 aliphatic heterocycles. The summed E-state index contributed by atoms with van der Waals surface area (Å²) in [6, 6.07) is 0. The molecule has 0 aromatic carbocycles. The minimum atomic E-state index is -1.25.